The molecule has 0 aliphatic rings. The fourth-order valence-electron chi connectivity index (χ4n) is 1.51. The molecule has 2 aromatic rings. The number of halogens is 3. The molecule has 3 N–H and O–H groups in total. The van der Waals surface area contributed by atoms with Crippen LogP contribution in [0.2, 0.25) is 0 Å². The minimum Gasteiger partial charge on any atom is -0.489 e. The van der Waals surface area contributed by atoms with Crippen LogP contribution >= 0.6 is 24.8 Å². The van der Waals surface area contributed by atoms with Gasteiger partial charge in [0, 0.05) is 11.1 Å². The molecule has 3 nitrogen and oxygen atoms in total. The lowest BCUT2D eigenvalue weighted by Gasteiger charge is -2.08. The average molecular weight is 317 g/mol. The topological polar surface area (TPSA) is 59.1 Å². The molecule has 0 unspecified atom stereocenters. The van der Waals surface area contributed by atoms with Gasteiger partial charge in [-0.05, 0) is 18.2 Å². The average Bonchev–Trinajstić information content (AvgIpc) is 2.38. The van der Waals surface area contributed by atoms with Crippen LogP contribution in [0.3, 0.4) is 0 Å². The van der Waals surface area contributed by atoms with Crippen molar-refractivity contribution in [3.8, 4) is 5.75 Å². The summed E-state index contributed by atoms with van der Waals surface area (Å²) in [5, 5.41) is 7.22. The molecule has 0 fully saturated rings. The summed E-state index contributed by atoms with van der Waals surface area (Å²) < 4.78 is 19.1. The summed E-state index contributed by atoms with van der Waals surface area (Å²) in [4.78, 5) is 0. The van der Waals surface area contributed by atoms with E-state index >= 15 is 0 Å². The highest BCUT2D eigenvalue weighted by atomic mass is 35.5. The van der Waals surface area contributed by atoms with Gasteiger partial charge in [0.2, 0.25) is 0 Å². The molecule has 0 heterocycles. The maximum absolute atomic E-state index is 13.7. The first-order chi connectivity index (χ1) is 8.66. The molecule has 0 aromatic heterocycles. The predicted molar refractivity (Wildman–Crippen MR) is 82.7 cm³/mol. The fraction of sp³-hybridized carbons (Fsp3) is 0.0714. The molecular formula is C14H15Cl2FN2O. The Labute approximate surface area is 129 Å². The third-order valence-corrected chi connectivity index (χ3v) is 2.50. The number of hydrogen-bond donors (Lipinski definition) is 2. The number of amidine groups is 1. The summed E-state index contributed by atoms with van der Waals surface area (Å²) in [6, 6.07) is 13.6. The number of nitrogen functional groups attached to an aromatic ring is 1. The van der Waals surface area contributed by atoms with Gasteiger partial charge in [-0.3, -0.25) is 5.41 Å². The molecule has 0 saturated heterocycles. The monoisotopic (exact) mass is 316 g/mol. The van der Waals surface area contributed by atoms with E-state index in [2.05, 4.69) is 0 Å². The van der Waals surface area contributed by atoms with Crippen molar-refractivity contribution < 1.29 is 9.13 Å². The van der Waals surface area contributed by atoms with E-state index in [0.29, 0.717) is 16.9 Å². The SMILES string of the molecule is Cl.Cl.N=C(N)c1ccc(COc2ccccc2)c(F)c1. The van der Waals surface area contributed by atoms with Crippen LogP contribution in [-0.2, 0) is 6.61 Å². The van der Waals surface area contributed by atoms with Gasteiger partial charge in [-0.2, -0.15) is 0 Å². The van der Waals surface area contributed by atoms with Crippen LogP contribution in [0.4, 0.5) is 4.39 Å². The van der Waals surface area contributed by atoms with Crippen LogP contribution in [0.25, 0.3) is 0 Å². The number of nitrogens with two attached hydrogens (primary N) is 1. The van der Waals surface area contributed by atoms with Crippen molar-refractivity contribution >= 4 is 30.6 Å². The number of ether oxygens (including phenoxy) is 1. The first-order valence-electron chi connectivity index (χ1n) is 5.47. The second kappa shape index (κ2) is 8.40. The quantitative estimate of drug-likeness (QED) is 0.669. The van der Waals surface area contributed by atoms with Crippen molar-refractivity contribution in [3.05, 3.63) is 65.5 Å². The van der Waals surface area contributed by atoms with Gasteiger partial charge in [0.1, 0.15) is 24.0 Å². The van der Waals surface area contributed by atoms with Crippen molar-refractivity contribution in [1.29, 1.82) is 5.41 Å². The first kappa shape index (κ1) is 18.2. The Balaban J connectivity index is 0.00000180. The third-order valence-electron chi connectivity index (χ3n) is 2.50. The van der Waals surface area contributed by atoms with E-state index in [1.165, 1.54) is 6.07 Å². The molecule has 0 spiro atoms. The van der Waals surface area contributed by atoms with Crippen LogP contribution in [0, 0.1) is 11.2 Å². The van der Waals surface area contributed by atoms with E-state index in [9.17, 15) is 4.39 Å². The summed E-state index contributed by atoms with van der Waals surface area (Å²) in [7, 11) is 0. The van der Waals surface area contributed by atoms with E-state index in [4.69, 9.17) is 15.9 Å². The molecule has 0 bridgehead atoms. The lowest BCUT2D eigenvalue weighted by molar-refractivity contribution is 0.300. The Morgan fingerprint density at radius 3 is 2.30 bits per heavy atom. The van der Waals surface area contributed by atoms with E-state index in [-0.39, 0.29) is 37.3 Å². The Hall–Kier alpha value is -1.78. The number of para-hydroxylation sites is 1. The largest absolute Gasteiger partial charge is 0.489 e. The molecule has 0 saturated carbocycles. The van der Waals surface area contributed by atoms with Gasteiger partial charge >= 0.3 is 0 Å². The van der Waals surface area contributed by atoms with Crippen LogP contribution in [0.5, 0.6) is 5.75 Å². The molecule has 20 heavy (non-hydrogen) atoms. The highest BCUT2D eigenvalue weighted by Crippen LogP contribution is 2.15. The molecule has 0 radical (unpaired) electrons. The lowest BCUT2D eigenvalue weighted by atomic mass is 10.1. The van der Waals surface area contributed by atoms with Gasteiger partial charge in [-0.15, -0.1) is 24.8 Å². The van der Waals surface area contributed by atoms with Gasteiger partial charge in [-0.25, -0.2) is 4.39 Å². The Morgan fingerprint density at radius 2 is 1.75 bits per heavy atom. The highest BCUT2D eigenvalue weighted by molar-refractivity contribution is 5.94. The maximum atomic E-state index is 13.7. The normalized spacial score (nSPS) is 9.05. The van der Waals surface area contributed by atoms with Gasteiger partial charge in [-0.1, -0.05) is 30.3 Å². The molecule has 108 valence electrons. The molecular weight excluding hydrogens is 302 g/mol. The standard InChI is InChI=1S/C14H13FN2O.2ClH/c15-13-8-10(14(16)17)6-7-11(13)9-18-12-4-2-1-3-5-12;;/h1-8H,9H2,(H3,16,17);2*1H. The second-order valence-corrected chi connectivity index (χ2v) is 3.82. The predicted octanol–water partition coefficient (Wildman–Crippen LogP) is 3.53. The van der Waals surface area contributed by atoms with Crippen molar-refractivity contribution in [2.75, 3.05) is 0 Å². The van der Waals surface area contributed by atoms with E-state index < -0.39 is 5.82 Å². The molecule has 6 heteroatoms. The summed E-state index contributed by atoms with van der Waals surface area (Å²) in [6.07, 6.45) is 0. The third kappa shape index (κ3) is 4.72. The zero-order valence-electron chi connectivity index (χ0n) is 10.5. The van der Waals surface area contributed by atoms with E-state index in [1.807, 2.05) is 30.3 Å². The zero-order chi connectivity index (χ0) is 13.0. The van der Waals surface area contributed by atoms with Gasteiger partial charge in [0.05, 0.1) is 0 Å². The molecule has 0 aliphatic carbocycles. The Kier molecular flexibility index (Phi) is 7.65. The summed E-state index contributed by atoms with van der Waals surface area (Å²) >= 11 is 0. The van der Waals surface area contributed by atoms with Gasteiger partial charge in [0.15, 0.2) is 0 Å². The highest BCUT2D eigenvalue weighted by Gasteiger charge is 2.06. The first-order valence-corrected chi connectivity index (χ1v) is 5.47. The fourth-order valence-corrected chi connectivity index (χ4v) is 1.51. The minimum atomic E-state index is -0.418. The molecule has 2 rings (SSSR count). The minimum absolute atomic E-state index is 0. The van der Waals surface area contributed by atoms with E-state index in [1.54, 1.807) is 12.1 Å². The summed E-state index contributed by atoms with van der Waals surface area (Å²) in [6.45, 7) is 0.147. The maximum Gasteiger partial charge on any atom is 0.130 e. The number of hydrogen-bond acceptors (Lipinski definition) is 2. The second-order valence-electron chi connectivity index (χ2n) is 3.82. The summed E-state index contributed by atoms with van der Waals surface area (Å²) in [5.41, 5.74) is 6.09. The smallest absolute Gasteiger partial charge is 0.130 e. The molecule has 2 aromatic carbocycles. The lowest BCUT2D eigenvalue weighted by Crippen LogP contribution is -2.12. The number of rotatable bonds is 4. The molecule has 0 amide bonds. The number of benzene rings is 2. The van der Waals surface area contributed by atoms with Crippen LogP contribution in [0.1, 0.15) is 11.1 Å². The van der Waals surface area contributed by atoms with Gasteiger partial charge in [0.25, 0.3) is 0 Å². The Bertz CT molecular complexity index is 564. The van der Waals surface area contributed by atoms with Crippen molar-refractivity contribution in [3.63, 3.8) is 0 Å². The van der Waals surface area contributed by atoms with E-state index in [0.717, 1.165) is 0 Å². The molecule has 0 atom stereocenters. The number of nitrogens with one attached hydrogen (secondary N) is 1. The van der Waals surface area contributed by atoms with Crippen molar-refractivity contribution in [2.24, 2.45) is 5.73 Å². The Morgan fingerprint density at radius 1 is 1.10 bits per heavy atom. The van der Waals surface area contributed by atoms with Crippen molar-refractivity contribution in [2.45, 2.75) is 6.61 Å². The van der Waals surface area contributed by atoms with Crippen molar-refractivity contribution in [1.82, 2.24) is 0 Å². The molecule has 0 aliphatic heterocycles. The summed E-state index contributed by atoms with van der Waals surface area (Å²) in [5.74, 6) is 0.121. The zero-order valence-corrected chi connectivity index (χ0v) is 12.1. The van der Waals surface area contributed by atoms with Crippen LogP contribution in [0.15, 0.2) is 48.5 Å². The van der Waals surface area contributed by atoms with Crippen LogP contribution < -0.4 is 10.5 Å². The van der Waals surface area contributed by atoms with Crippen LogP contribution in [-0.4, -0.2) is 5.84 Å². The van der Waals surface area contributed by atoms with Gasteiger partial charge < -0.3 is 10.5 Å².